The van der Waals surface area contributed by atoms with Gasteiger partial charge in [-0.1, -0.05) is 0 Å². The van der Waals surface area contributed by atoms with Crippen molar-refractivity contribution < 1.29 is 60.4 Å². The summed E-state index contributed by atoms with van der Waals surface area (Å²) in [7, 11) is 0. The summed E-state index contributed by atoms with van der Waals surface area (Å²) in [4.78, 5) is 40.1. The third-order valence-corrected chi connectivity index (χ3v) is 2.49. The van der Waals surface area contributed by atoms with E-state index >= 15 is 0 Å². The van der Waals surface area contributed by atoms with E-state index in [1.165, 1.54) is 0 Å². The van der Waals surface area contributed by atoms with Crippen molar-refractivity contribution in [2.45, 2.75) is 211 Å². The molecule has 0 atom stereocenters. The van der Waals surface area contributed by atoms with Gasteiger partial charge in [0.05, 0.1) is 0 Å². The van der Waals surface area contributed by atoms with Gasteiger partial charge in [-0.05, 0) is 166 Å². The molecule has 0 aliphatic heterocycles. The van der Waals surface area contributed by atoms with E-state index in [1.807, 2.05) is 166 Å². The maximum Gasteiger partial charge on any atom is 4.00 e. The zero-order valence-corrected chi connectivity index (χ0v) is 35.1. The molecular formula is C32H72N4O8Ti. The van der Waals surface area contributed by atoms with Crippen molar-refractivity contribution in [3.63, 3.8) is 0 Å². The summed E-state index contributed by atoms with van der Waals surface area (Å²) in [5.41, 5.74) is 11.9. The van der Waals surface area contributed by atoms with Crippen molar-refractivity contribution in [1.82, 2.24) is 0 Å². The van der Waals surface area contributed by atoms with E-state index in [2.05, 4.69) is 22.6 Å². The molecule has 0 aromatic rings. The summed E-state index contributed by atoms with van der Waals surface area (Å²) in [6, 6.07) is 0. The molecule has 45 heavy (non-hydrogen) atoms. The third kappa shape index (κ3) is 75.9. The molecule has 0 heterocycles. The second kappa shape index (κ2) is 22.8. The van der Waals surface area contributed by atoms with Crippen LogP contribution < -0.4 is 0 Å². The second-order valence-corrected chi connectivity index (χ2v) is 17.9. The van der Waals surface area contributed by atoms with Gasteiger partial charge in [-0.25, -0.2) is 0 Å². The fourth-order valence-electron chi connectivity index (χ4n) is 0.969. The van der Waals surface area contributed by atoms with Crippen LogP contribution in [0.5, 0.6) is 0 Å². The SMILES string of the molecule is CC(C)(C)O[N-]OC(C)(C)C.CC(C)(C)O[N-]OC(C)(C)C.CC(C)(C)O[N-]OC(C)(C)C.CC(C)(C)O[N-]OC(C)(C)C.[Ti+4]. The summed E-state index contributed by atoms with van der Waals surface area (Å²) in [6.07, 6.45) is 0. The van der Waals surface area contributed by atoms with Crippen molar-refractivity contribution in [2.24, 2.45) is 0 Å². The Balaban J connectivity index is -0.000000157. The Morgan fingerprint density at radius 3 is 0.311 bits per heavy atom. The van der Waals surface area contributed by atoms with E-state index in [-0.39, 0.29) is 66.5 Å². The minimum atomic E-state index is -0.273. The summed E-state index contributed by atoms with van der Waals surface area (Å²) in [5, 5.41) is 0. The molecule has 0 radical (unpaired) electrons. The molecule has 272 valence electrons. The first-order valence-corrected chi connectivity index (χ1v) is 15.1. The zero-order valence-electron chi connectivity index (χ0n) is 33.6. The first-order chi connectivity index (χ1) is 18.8. The van der Waals surface area contributed by atoms with Gasteiger partial charge in [0.25, 0.3) is 0 Å². The quantitative estimate of drug-likeness (QED) is 0.182. The van der Waals surface area contributed by atoms with Gasteiger partial charge in [0, 0.05) is 44.8 Å². The molecule has 0 saturated heterocycles. The summed E-state index contributed by atoms with van der Waals surface area (Å²) < 4.78 is 0. The van der Waals surface area contributed by atoms with Crippen LogP contribution in [0.25, 0.3) is 22.6 Å². The number of nitrogens with zero attached hydrogens (tertiary/aromatic N) is 4. The first-order valence-electron chi connectivity index (χ1n) is 15.1. The van der Waals surface area contributed by atoms with Gasteiger partial charge >= 0.3 is 21.7 Å². The van der Waals surface area contributed by atoms with Crippen LogP contribution in [0.2, 0.25) is 0 Å². The van der Waals surface area contributed by atoms with Gasteiger partial charge in [0.2, 0.25) is 0 Å². The molecule has 0 aliphatic rings. The average Bonchev–Trinajstić information content (AvgIpc) is 2.60. The Morgan fingerprint density at radius 2 is 0.267 bits per heavy atom. The molecule has 0 rings (SSSR count). The van der Waals surface area contributed by atoms with Gasteiger partial charge in [0.15, 0.2) is 0 Å². The summed E-state index contributed by atoms with van der Waals surface area (Å²) >= 11 is 0. The average molecular weight is 689 g/mol. The standard InChI is InChI=1S/4C8H18NO2.Ti/c4*1-7(2,3)10-9-11-8(4,5)6;/h4*1-6H3;/q4*-1;+4. The van der Waals surface area contributed by atoms with Gasteiger partial charge in [-0.3, -0.25) is 0 Å². The fraction of sp³-hybridized carbons (Fsp3) is 1.00. The van der Waals surface area contributed by atoms with Gasteiger partial charge in [-0.2, -0.15) is 0 Å². The van der Waals surface area contributed by atoms with Crippen LogP contribution in [-0.2, 0) is 60.4 Å². The Bertz CT molecular complexity index is 512. The minimum Gasteiger partial charge on any atom is -0.457 e. The monoisotopic (exact) mass is 688 g/mol. The molecule has 13 heteroatoms. The molecule has 0 spiro atoms. The van der Waals surface area contributed by atoms with Crippen LogP contribution in [-0.4, -0.2) is 44.8 Å². The van der Waals surface area contributed by atoms with Crippen molar-refractivity contribution in [1.29, 1.82) is 0 Å². The number of hydrogen-bond acceptors (Lipinski definition) is 8. The van der Waals surface area contributed by atoms with E-state index in [0.717, 1.165) is 0 Å². The van der Waals surface area contributed by atoms with Crippen LogP contribution in [0.1, 0.15) is 166 Å². The number of hydrogen-bond donors (Lipinski definition) is 0. The molecule has 0 aromatic carbocycles. The molecule has 0 saturated carbocycles. The molecule has 0 N–H and O–H groups in total. The van der Waals surface area contributed by atoms with Crippen LogP contribution >= 0.6 is 0 Å². The van der Waals surface area contributed by atoms with E-state index < -0.39 is 0 Å². The van der Waals surface area contributed by atoms with Crippen LogP contribution in [0.4, 0.5) is 0 Å². The van der Waals surface area contributed by atoms with Gasteiger partial charge in [0.1, 0.15) is 0 Å². The maximum absolute atomic E-state index is 5.01. The van der Waals surface area contributed by atoms with E-state index in [9.17, 15) is 0 Å². The smallest absolute Gasteiger partial charge is 0.457 e. The molecule has 0 amide bonds. The van der Waals surface area contributed by atoms with Crippen LogP contribution in [0.3, 0.4) is 0 Å². The molecule has 0 bridgehead atoms. The molecule has 0 aromatic heterocycles. The Morgan fingerprint density at radius 1 is 0.200 bits per heavy atom. The topological polar surface area (TPSA) is 130 Å². The predicted octanol–water partition coefficient (Wildman–Crippen LogP) is 11.3. The summed E-state index contributed by atoms with van der Waals surface area (Å²) in [6.45, 7) is 46.1. The molecule has 0 aliphatic carbocycles. The summed E-state index contributed by atoms with van der Waals surface area (Å²) in [5.74, 6) is 0. The Kier molecular flexibility index (Phi) is 27.7. The van der Waals surface area contributed by atoms with Crippen molar-refractivity contribution in [2.75, 3.05) is 0 Å². The Labute approximate surface area is 293 Å². The van der Waals surface area contributed by atoms with E-state index in [0.29, 0.717) is 0 Å². The zero-order chi connectivity index (χ0) is 36.5. The maximum atomic E-state index is 5.01. The molecule has 0 unspecified atom stereocenters. The van der Waals surface area contributed by atoms with Crippen molar-refractivity contribution in [3.8, 4) is 0 Å². The molecule has 0 fully saturated rings. The van der Waals surface area contributed by atoms with E-state index in [4.69, 9.17) is 38.7 Å². The number of rotatable bonds is 8. The second-order valence-electron chi connectivity index (χ2n) is 17.9. The predicted molar refractivity (Wildman–Crippen MR) is 180 cm³/mol. The molecular weight excluding hydrogens is 616 g/mol. The van der Waals surface area contributed by atoms with Crippen LogP contribution in [0.15, 0.2) is 0 Å². The van der Waals surface area contributed by atoms with E-state index in [1.54, 1.807) is 0 Å². The minimum absolute atomic E-state index is 0. The van der Waals surface area contributed by atoms with Crippen molar-refractivity contribution in [3.05, 3.63) is 22.6 Å². The van der Waals surface area contributed by atoms with Gasteiger partial charge < -0.3 is 61.3 Å². The van der Waals surface area contributed by atoms with Gasteiger partial charge in [-0.15, -0.1) is 0 Å². The normalized spacial score (nSPS) is 13.3. The van der Waals surface area contributed by atoms with Crippen molar-refractivity contribution >= 4 is 0 Å². The molecule has 12 nitrogen and oxygen atoms in total. The Hall–Kier alpha value is 0.234. The first kappa shape index (κ1) is 54.7. The van der Waals surface area contributed by atoms with Crippen LogP contribution in [0, 0.1) is 0 Å². The fourth-order valence-corrected chi connectivity index (χ4v) is 0.969. The third-order valence-electron chi connectivity index (χ3n) is 2.49. The largest absolute Gasteiger partial charge is 4.00 e.